The lowest BCUT2D eigenvalue weighted by Crippen LogP contribution is -2.30. The average molecular weight is 328 g/mol. The number of likely N-dealkylation sites (N-methyl/N-ethyl adjacent to an activating group) is 1. The lowest BCUT2D eigenvalue weighted by atomic mass is 10.00. The normalized spacial score (nSPS) is 16.6. The van der Waals surface area contributed by atoms with Crippen LogP contribution < -0.4 is 4.90 Å². The van der Waals surface area contributed by atoms with E-state index in [4.69, 9.17) is 0 Å². The van der Waals surface area contributed by atoms with Crippen LogP contribution in [0.25, 0.3) is 23.1 Å². The Bertz CT molecular complexity index is 1000. The first kappa shape index (κ1) is 15.5. The standard InChI is InChI=1S/C22H20N2O/c1-15-5-11-20-17(14-15)7-10-18(24(20)2)9-6-16-8-12-21(25)22-19(16)4-3-13-23-22/h3-14,18,25H,1-2H3/b9-6+. The number of fused-ring (bicyclic) bond motifs is 2. The van der Waals surface area contributed by atoms with Crippen molar-refractivity contribution in [2.24, 2.45) is 0 Å². The first-order chi connectivity index (χ1) is 12.1. The van der Waals surface area contributed by atoms with Gasteiger partial charge in [-0.05, 0) is 42.3 Å². The number of aryl methyl sites for hydroxylation is 1. The van der Waals surface area contributed by atoms with Gasteiger partial charge in [0.15, 0.2) is 0 Å². The highest BCUT2D eigenvalue weighted by Crippen LogP contribution is 2.30. The molecule has 25 heavy (non-hydrogen) atoms. The second-order valence-electron chi connectivity index (χ2n) is 6.46. The number of rotatable bonds is 2. The van der Waals surface area contributed by atoms with Crippen LogP contribution in [0, 0.1) is 6.92 Å². The van der Waals surface area contributed by atoms with Gasteiger partial charge in [-0.25, -0.2) is 0 Å². The molecule has 0 bridgehead atoms. The van der Waals surface area contributed by atoms with E-state index >= 15 is 0 Å². The van der Waals surface area contributed by atoms with Gasteiger partial charge in [0, 0.05) is 24.3 Å². The van der Waals surface area contributed by atoms with E-state index < -0.39 is 0 Å². The number of aromatic hydroxyl groups is 1. The van der Waals surface area contributed by atoms with Crippen LogP contribution in [0.3, 0.4) is 0 Å². The lowest BCUT2D eigenvalue weighted by molar-refractivity contribution is 0.480. The molecule has 1 N–H and O–H groups in total. The Balaban J connectivity index is 1.68. The number of hydrogen-bond donors (Lipinski definition) is 1. The van der Waals surface area contributed by atoms with Gasteiger partial charge in [-0.3, -0.25) is 4.98 Å². The number of anilines is 1. The molecule has 0 fully saturated rings. The first-order valence-electron chi connectivity index (χ1n) is 8.40. The van der Waals surface area contributed by atoms with Crippen LogP contribution in [0.2, 0.25) is 0 Å². The number of benzene rings is 2. The zero-order chi connectivity index (χ0) is 17.4. The molecule has 3 heteroatoms. The highest BCUT2D eigenvalue weighted by atomic mass is 16.3. The largest absolute Gasteiger partial charge is 0.506 e. The second-order valence-corrected chi connectivity index (χ2v) is 6.46. The molecule has 2 aromatic carbocycles. The summed E-state index contributed by atoms with van der Waals surface area (Å²) in [7, 11) is 2.11. The molecule has 0 amide bonds. The van der Waals surface area contributed by atoms with Crippen molar-refractivity contribution in [3.8, 4) is 5.75 Å². The number of phenols is 1. The van der Waals surface area contributed by atoms with Crippen molar-refractivity contribution in [1.29, 1.82) is 0 Å². The third kappa shape index (κ3) is 2.78. The van der Waals surface area contributed by atoms with Crippen molar-refractivity contribution in [2.75, 3.05) is 11.9 Å². The molecule has 1 aromatic heterocycles. The van der Waals surface area contributed by atoms with Gasteiger partial charge >= 0.3 is 0 Å². The van der Waals surface area contributed by atoms with Crippen LogP contribution in [0.1, 0.15) is 16.7 Å². The van der Waals surface area contributed by atoms with E-state index in [1.54, 1.807) is 12.3 Å². The monoisotopic (exact) mass is 328 g/mol. The molecular weight excluding hydrogens is 308 g/mol. The Hall–Kier alpha value is -3.07. The van der Waals surface area contributed by atoms with Crippen molar-refractivity contribution in [2.45, 2.75) is 13.0 Å². The Morgan fingerprint density at radius 2 is 2.04 bits per heavy atom. The van der Waals surface area contributed by atoms with E-state index in [1.165, 1.54) is 16.8 Å². The zero-order valence-electron chi connectivity index (χ0n) is 14.3. The molecule has 0 saturated heterocycles. The fourth-order valence-electron chi connectivity index (χ4n) is 3.34. The molecule has 2 heterocycles. The number of aromatic nitrogens is 1. The number of nitrogens with zero attached hydrogens (tertiary/aromatic N) is 2. The Kier molecular flexibility index (Phi) is 3.77. The van der Waals surface area contributed by atoms with Crippen LogP contribution in [0.15, 0.2) is 60.8 Å². The highest BCUT2D eigenvalue weighted by molar-refractivity contribution is 5.92. The molecule has 0 radical (unpaired) electrons. The molecular formula is C22H20N2O. The molecule has 1 aliphatic heterocycles. The van der Waals surface area contributed by atoms with E-state index in [0.29, 0.717) is 5.52 Å². The maximum atomic E-state index is 9.98. The molecule has 4 rings (SSSR count). The Labute approximate surface area is 147 Å². The fraction of sp³-hybridized carbons (Fsp3) is 0.136. The molecule has 0 saturated carbocycles. The number of pyridine rings is 1. The van der Waals surface area contributed by atoms with Crippen LogP contribution in [-0.2, 0) is 0 Å². The van der Waals surface area contributed by atoms with Gasteiger partial charge < -0.3 is 10.0 Å². The molecule has 1 unspecified atom stereocenters. The summed E-state index contributed by atoms with van der Waals surface area (Å²) in [4.78, 5) is 6.55. The van der Waals surface area contributed by atoms with Crippen molar-refractivity contribution in [1.82, 2.24) is 4.98 Å². The van der Waals surface area contributed by atoms with Crippen molar-refractivity contribution in [3.63, 3.8) is 0 Å². The summed E-state index contributed by atoms with van der Waals surface area (Å²) in [6, 6.07) is 14.2. The molecule has 124 valence electrons. The van der Waals surface area contributed by atoms with Gasteiger partial charge in [-0.1, -0.05) is 48.1 Å². The average Bonchev–Trinajstić information content (AvgIpc) is 2.63. The summed E-state index contributed by atoms with van der Waals surface area (Å²) in [5, 5.41) is 10.9. The summed E-state index contributed by atoms with van der Waals surface area (Å²) in [6.45, 7) is 2.12. The van der Waals surface area contributed by atoms with Gasteiger partial charge in [0.05, 0.1) is 6.04 Å². The van der Waals surface area contributed by atoms with E-state index in [1.807, 2.05) is 18.2 Å². The van der Waals surface area contributed by atoms with Gasteiger partial charge in [0.25, 0.3) is 0 Å². The van der Waals surface area contributed by atoms with Crippen LogP contribution in [-0.4, -0.2) is 23.2 Å². The predicted molar refractivity (Wildman–Crippen MR) is 105 cm³/mol. The number of hydrogen-bond acceptors (Lipinski definition) is 3. The smallest absolute Gasteiger partial charge is 0.141 e. The quantitative estimate of drug-likeness (QED) is 0.734. The first-order valence-corrected chi connectivity index (χ1v) is 8.40. The summed E-state index contributed by atoms with van der Waals surface area (Å²) in [5.41, 5.74) is 5.45. The van der Waals surface area contributed by atoms with Crippen molar-refractivity contribution < 1.29 is 5.11 Å². The minimum atomic E-state index is 0.190. The van der Waals surface area contributed by atoms with Crippen LogP contribution in [0.4, 0.5) is 5.69 Å². The molecule has 0 spiro atoms. The van der Waals surface area contributed by atoms with Crippen molar-refractivity contribution >= 4 is 28.7 Å². The highest BCUT2D eigenvalue weighted by Gasteiger charge is 2.16. The summed E-state index contributed by atoms with van der Waals surface area (Å²) >= 11 is 0. The topological polar surface area (TPSA) is 36.4 Å². The number of phenolic OH excluding ortho intramolecular Hbond substituents is 1. The third-order valence-electron chi connectivity index (χ3n) is 4.74. The SMILES string of the molecule is Cc1ccc2c(c1)C=CC(/C=C/c1ccc(O)c3ncccc13)N2C. The second kappa shape index (κ2) is 6.10. The summed E-state index contributed by atoms with van der Waals surface area (Å²) in [6.07, 6.45) is 10.4. The Morgan fingerprint density at radius 1 is 1.16 bits per heavy atom. The van der Waals surface area contributed by atoms with Gasteiger partial charge in [0.2, 0.25) is 0 Å². The lowest BCUT2D eigenvalue weighted by Gasteiger charge is -2.30. The van der Waals surface area contributed by atoms with E-state index in [2.05, 4.69) is 66.4 Å². The fourth-order valence-corrected chi connectivity index (χ4v) is 3.34. The molecule has 0 aliphatic carbocycles. The van der Waals surface area contributed by atoms with Crippen LogP contribution >= 0.6 is 0 Å². The molecule has 3 nitrogen and oxygen atoms in total. The predicted octanol–water partition coefficient (Wildman–Crippen LogP) is 4.79. The summed E-state index contributed by atoms with van der Waals surface area (Å²) in [5.74, 6) is 0.215. The van der Waals surface area contributed by atoms with Gasteiger partial charge in [-0.15, -0.1) is 0 Å². The maximum absolute atomic E-state index is 9.98. The van der Waals surface area contributed by atoms with Gasteiger partial charge in [-0.2, -0.15) is 0 Å². The van der Waals surface area contributed by atoms with Gasteiger partial charge in [0.1, 0.15) is 11.3 Å². The van der Waals surface area contributed by atoms with E-state index in [0.717, 1.165) is 10.9 Å². The Morgan fingerprint density at radius 3 is 2.92 bits per heavy atom. The van der Waals surface area contributed by atoms with Crippen LogP contribution in [0.5, 0.6) is 5.75 Å². The van der Waals surface area contributed by atoms with E-state index in [-0.39, 0.29) is 11.8 Å². The zero-order valence-corrected chi connectivity index (χ0v) is 14.3. The van der Waals surface area contributed by atoms with Crippen molar-refractivity contribution in [3.05, 3.63) is 77.5 Å². The molecule has 1 atom stereocenters. The molecule has 1 aliphatic rings. The minimum absolute atomic E-state index is 0.190. The maximum Gasteiger partial charge on any atom is 0.141 e. The van der Waals surface area contributed by atoms with E-state index in [9.17, 15) is 5.11 Å². The minimum Gasteiger partial charge on any atom is -0.506 e. The summed E-state index contributed by atoms with van der Waals surface area (Å²) < 4.78 is 0. The third-order valence-corrected chi connectivity index (χ3v) is 4.74. The molecule has 3 aromatic rings.